The molecule has 0 saturated carbocycles. The van der Waals surface area contributed by atoms with Crippen molar-refractivity contribution in [1.29, 1.82) is 0 Å². The summed E-state index contributed by atoms with van der Waals surface area (Å²) in [7, 11) is -3.97. The molecule has 2 fully saturated rings. The molecular weight excluding hydrogens is 585 g/mol. The zero-order valence-corrected chi connectivity index (χ0v) is 23.9. The predicted molar refractivity (Wildman–Crippen MR) is 150 cm³/mol. The number of hydrogen-bond donors (Lipinski definition) is 3. The maximum atomic E-state index is 14.9. The van der Waals surface area contributed by atoms with Gasteiger partial charge in [0.05, 0.1) is 23.5 Å². The lowest BCUT2D eigenvalue weighted by Gasteiger charge is -2.33. The lowest BCUT2D eigenvalue weighted by molar-refractivity contribution is -0.0222. The summed E-state index contributed by atoms with van der Waals surface area (Å²) in [5, 5.41) is 10.8. The zero-order chi connectivity index (χ0) is 30.8. The van der Waals surface area contributed by atoms with E-state index >= 15 is 0 Å². The number of hydrogen-bond acceptors (Lipinski definition) is 7. The second-order valence-corrected chi connectivity index (χ2v) is 12.6. The Kier molecular flexibility index (Phi) is 9.30. The van der Waals surface area contributed by atoms with Gasteiger partial charge in [0.1, 0.15) is 11.1 Å². The molecule has 1 amide bonds. The third-order valence-electron chi connectivity index (χ3n) is 7.42. The van der Waals surface area contributed by atoms with E-state index in [9.17, 15) is 40.3 Å². The van der Waals surface area contributed by atoms with Gasteiger partial charge in [0.25, 0.3) is 17.9 Å². The highest BCUT2D eigenvalue weighted by Gasteiger charge is 2.35. The standard InChI is InChI=1S/C27H32F5N5O4S/c1-16-13-22(33-25(23(16)28)37-11-7-27(31,32)8-12-37)34-26(39)20-4-3-19(35-42(40,41)17(2)15-38)14-21(20)36-9-5-18(6-10-36)24(29)30/h3-4,13-14,17,35,38H,5-12,15H2,1-2H3,(H,33,34,39)/t17-/m0/s1. The van der Waals surface area contributed by atoms with Crippen LogP contribution in [0.4, 0.5) is 45.0 Å². The Morgan fingerprint density at radius 2 is 1.74 bits per heavy atom. The molecule has 4 rings (SSSR count). The number of aliphatic hydroxyl groups excluding tert-OH is 1. The average molecular weight is 618 g/mol. The van der Waals surface area contributed by atoms with Crippen molar-refractivity contribution in [2.75, 3.05) is 52.6 Å². The predicted octanol–water partition coefficient (Wildman–Crippen LogP) is 4.89. The van der Waals surface area contributed by atoms with Crippen LogP contribution < -0.4 is 19.8 Å². The van der Waals surface area contributed by atoms with Crippen molar-refractivity contribution in [1.82, 2.24) is 4.98 Å². The lowest BCUT2D eigenvalue weighted by Crippen LogP contribution is -2.40. The first-order chi connectivity index (χ1) is 19.7. The van der Waals surface area contributed by atoms with Crippen LogP contribution in [0.1, 0.15) is 48.5 Å². The van der Waals surface area contributed by atoms with Crippen LogP contribution in [0.3, 0.4) is 0 Å². The molecule has 2 aliphatic heterocycles. The quantitative estimate of drug-likeness (QED) is 0.362. The summed E-state index contributed by atoms with van der Waals surface area (Å²) in [6, 6.07) is 5.41. The number of sulfonamides is 1. The fraction of sp³-hybridized carbons (Fsp3) is 0.481. The van der Waals surface area contributed by atoms with Crippen LogP contribution in [-0.4, -0.2) is 68.4 Å². The second-order valence-electron chi connectivity index (χ2n) is 10.5. The molecule has 2 aromatic rings. The summed E-state index contributed by atoms with van der Waals surface area (Å²) in [5.74, 6) is -4.41. The van der Waals surface area contributed by atoms with Crippen molar-refractivity contribution >= 4 is 38.9 Å². The number of anilines is 4. The molecule has 3 N–H and O–H groups in total. The first-order valence-electron chi connectivity index (χ1n) is 13.4. The monoisotopic (exact) mass is 617 g/mol. The number of benzene rings is 1. The van der Waals surface area contributed by atoms with Crippen LogP contribution in [-0.2, 0) is 10.0 Å². The maximum Gasteiger partial charge on any atom is 0.269 e. The molecule has 15 heteroatoms. The van der Waals surface area contributed by atoms with Crippen LogP contribution >= 0.6 is 0 Å². The molecule has 2 saturated heterocycles. The van der Waals surface area contributed by atoms with Crippen molar-refractivity contribution in [2.45, 2.75) is 50.7 Å². The van der Waals surface area contributed by atoms with E-state index in [1.54, 1.807) is 4.90 Å². The van der Waals surface area contributed by atoms with Crippen molar-refractivity contribution in [2.24, 2.45) is 0 Å². The molecule has 0 radical (unpaired) electrons. The number of amides is 1. The molecule has 1 atom stereocenters. The Balaban J connectivity index is 1.64. The summed E-state index contributed by atoms with van der Waals surface area (Å²) in [4.78, 5) is 20.8. The van der Waals surface area contributed by atoms with E-state index in [0.717, 1.165) is 0 Å². The number of piperidine rings is 2. The minimum Gasteiger partial charge on any atom is -0.395 e. The number of nitrogens with one attached hydrogen (secondary N) is 2. The second kappa shape index (κ2) is 12.4. The molecule has 0 spiro atoms. The highest BCUT2D eigenvalue weighted by Crippen LogP contribution is 2.34. The molecular formula is C27H32F5N5O4S. The normalized spacial score (nSPS) is 18.0. The number of pyridine rings is 1. The van der Waals surface area contributed by atoms with E-state index in [2.05, 4.69) is 15.0 Å². The molecule has 1 aromatic carbocycles. The summed E-state index contributed by atoms with van der Waals surface area (Å²) in [5.41, 5.74) is 0.572. The van der Waals surface area contributed by atoms with E-state index < -0.39 is 58.4 Å². The number of halogens is 5. The molecule has 2 aliphatic rings. The number of carbonyl (C=O) groups is 1. The highest BCUT2D eigenvalue weighted by molar-refractivity contribution is 7.93. The molecule has 0 aliphatic carbocycles. The fourth-order valence-electron chi connectivity index (χ4n) is 4.76. The highest BCUT2D eigenvalue weighted by atomic mass is 32.2. The third kappa shape index (κ3) is 7.12. The van der Waals surface area contributed by atoms with Gasteiger partial charge in [-0.15, -0.1) is 0 Å². The van der Waals surface area contributed by atoms with Crippen LogP contribution in [0, 0.1) is 12.7 Å². The van der Waals surface area contributed by atoms with Crippen molar-refractivity contribution in [3.63, 3.8) is 0 Å². The Morgan fingerprint density at radius 1 is 1.10 bits per heavy atom. The van der Waals surface area contributed by atoms with Crippen LogP contribution in [0.2, 0.25) is 0 Å². The lowest BCUT2D eigenvalue weighted by atomic mass is 10.0. The zero-order valence-electron chi connectivity index (χ0n) is 23.1. The topological polar surface area (TPSA) is 115 Å². The Labute approximate surface area is 240 Å². The van der Waals surface area contributed by atoms with Crippen molar-refractivity contribution in [3.8, 4) is 0 Å². The number of nitrogens with zero attached hydrogens (tertiary/aromatic N) is 3. The van der Waals surface area contributed by atoms with E-state index in [1.165, 1.54) is 43.0 Å². The molecule has 230 valence electrons. The van der Waals surface area contributed by atoms with Gasteiger partial charge in [0, 0.05) is 39.0 Å². The van der Waals surface area contributed by atoms with E-state index in [4.69, 9.17) is 0 Å². The molecule has 3 heterocycles. The van der Waals surface area contributed by atoms with Gasteiger partial charge in [-0.25, -0.2) is 26.6 Å². The van der Waals surface area contributed by atoms with Crippen molar-refractivity contribution in [3.05, 3.63) is 52.9 Å². The van der Waals surface area contributed by atoms with Gasteiger partial charge in [-0.1, -0.05) is 0 Å². The first-order valence-corrected chi connectivity index (χ1v) is 14.9. The number of aryl methyl sites for hydroxylation is 1. The Bertz CT molecular complexity index is 1460. The Morgan fingerprint density at radius 3 is 2.33 bits per heavy atom. The summed E-state index contributed by atoms with van der Waals surface area (Å²) in [6.07, 6.45) is -2.59. The smallest absolute Gasteiger partial charge is 0.269 e. The SMILES string of the molecule is Cc1cc(NC(=O)c2ccc(NS(=O)(=O)[C@@H](C)CO)cc2N2CCC(=C(F)F)CC2)nc(N2CCC(F)(F)CC2)c1F. The minimum absolute atomic E-state index is 0.000119. The number of alkyl halides is 2. The van der Waals surface area contributed by atoms with Crippen LogP contribution in [0.25, 0.3) is 0 Å². The van der Waals surface area contributed by atoms with Gasteiger partial charge in [0.2, 0.25) is 10.0 Å². The van der Waals surface area contributed by atoms with Crippen LogP contribution in [0.5, 0.6) is 0 Å². The summed E-state index contributed by atoms with van der Waals surface area (Å²) in [6.45, 7) is 2.18. The molecule has 0 bridgehead atoms. The minimum atomic E-state index is -3.97. The Hall–Kier alpha value is -3.46. The number of carbonyl (C=O) groups excluding carboxylic acids is 1. The van der Waals surface area contributed by atoms with Crippen LogP contribution in [0.15, 0.2) is 35.9 Å². The summed E-state index contributed by atoms with van der Waals surface area (Å²) >= 11 is 0. The number of rotatable bonds is 8. The largest absolute Gasteiger partial charge is 0.395 e. The van der Waals surface area contributed by atoms with Gasteiger partial charge >= 0.3 is 0 Å². The third-order valence-corrected chi connectivity index (χ3v) is 9.15. The van der Waals surface area contributed by atoms with E-state index in [-0.39, 0.29) is 78.7 Å². The fourth-order valence-corrected chi connectivity index (χ4v) is 5.61. The average Bonchev–Trinajstić information content (AvgIpc) is 2.94. The maximum absolute atomic E-state index is 14.9. The number of aliphatic hydroxyl groups is 1. The first kappa shape index (κ1) is 31.5. The number of aromatic nitrogens is 1. The van der Waals surface area contributed by atoms with E-state index in [0.29, 0.717) is 0 Å². The van der Waals surface area contributed by atoms with Gasteiger partial charge in [-0.3, -0.25) is 9.52 Å². The molecule has 1 aromatic heterocycles. The van der Waals surface area contributed by atoms with Gasteiger partial charge in [0.15, 0.2) is 11.6 Å². The molecule has 9 nitrogen and oxygen atoms in total. The van der Waals surface area contributed by atoms with Gasteiger partial charge in [-0.2, -0.15) is 8.78 Å². The van der Waals surface area contributed by atoms with E-state index in [1.807, 2.05) is 0 Å². The molecule has 0 unspecified atom stereocenters. The van der Waals surface area contributed by atoms with Gasteiger partial charge < -0.3 is 20.2 Å². The summed E-state index contributed by atoms with van der Waals surface area (Å²) < 4.78 is 95.9. The molecule has 42 heavy (non-hydrogen) atoms. The van der Waals surface area contributed by atoms with Crippen molar-refractivity contribution < 1.29 is 40.3 Å². The van der Waals surface area contributed by atoms with Gasteiger partial charge in [-0.05, 0) is 62.1 Å².